The molecule has 1 saturated heterocycles. The summed E-state index contributed by atoms with van der Waals surface area (Å²) in [6.07, 6.45) is -6.19. The van der Waals surface area contributed by atoms with Crippen molar-refractivity contribution in [3.05, 3.63) is 59.8 Å². The molecule has 3 rings (SSSR count). The van der Waals surface area contributed by atoms with E-state index >= 15 is 0 Å². The van der Waals surface area contributed by atoms with Crippen LogP contribution < -0.4 is 5.32 Å². The van der Waals surface area contributed by atoms with E-state index in [9.17, 15) is 27.6 Å². The van der Waals surface area contributed by atoms with E-state index < -0.39 is 41.6 Å². The van der Waals surface area contributed by atoms with E-state index in [4.69, 9.17) is 9.47 Å². The summed E-state index contributed by atoms with van der Waals surface area (Å²) in [5.74, 6) is -1.17. The Morgan fingerprint density at radius 3 is 2.33 bits per heavy atom. The van der Waals surface area contributed by atoms with Crippen LogP contribution in [0.25, 0.3) is 0 Å². The summed E-state index contributed by atoms with van der Waals surface area (Å²) in [7, 11) is 0. The number of hydrogen-bond donors (Lipinski definition) is 1. The van der Waals surface area contributed by atoms with Crippen LogP contribution in [0.3, 0.4) is 0 Å². The number of nitrogens with one attached hydrogen (secondary N) is 1. The molecule has 0 unspecified atom stereocenters. The first-order valence-electron chi connectivity index (χ1n) is 11.1. The summed E-state index contributed by atoms with van der Waals surface area (Å²) in [6, 6.07) is 10.7. The van der Waals surface area contributed by atoms with Gasteiger partial charge in [0.05, 0.1) is 6.54 Å². The van der Waals surface area contributed by atoms with E-state index in [2.05, 4.69) is 10.3 Å². The molecule has 1 aromatic carbocycles. The Hall–Kier alpha value is -3.83. The number of amides is 3. The Bertz CT molecular complexity index is 1090. The third kappa shape index (κ3) is 7.33. The monoisotopic (exact) mass is 508 g/mol. The van der Waals surface area contributed by atoms with Gasteiger partial charge in [-0.05, 0) is 38.5 Å². The predicted octanol–water partition coefficient (Wildman–Crippen LogP) is 4.30. The molecule has 0 bridgehead atoms. The van der Waals surface area contributed by atoms with Crippen LogP contribution in [0.2, 0.25) is 0 Å². The van der Waals surface area contributed by atoms with Gasteiger partial charge >= 0.3 is 18.4 Å². The number of anilines is 1. The van der Waals surface area contributed by atoms with Crippen molar-refractivity contribution < 1.29 is 37.0 Å². The first kappa shape index (κ1) is 26.8. The van der Waals surface area contributed by atoms with Crippen LogP contribution in [0.4, 0.5) is 28.6 Å². The van der Waals surface area contributed by atoms with E-state index in [1.54, 1.807) is 45.0 Å². The molecular formula is C24H27F3N4O5. The van der Waals surface area contributed by atoms with Crippen LogP contribution in [-0.4, -0.2) is 64.2 Å². The van der Waals surface area contributed by atoms with E-state index in [-0.39, 0.29) is 32.1 Å². The minimum Gasteiger partial charge on any atom is -0.445 e. The van der Waals surface area contributed by atoms with Crippen LogP contribution in [0.5, 0.6) is 0 Å². The highest BCUT2D eigenvalue weighted by atomic mass is 19.4. The number of aromatic nitrogens is 1. The molecule has 194 valence electrons. The second-order valence-corrected chi connectivity index (χ2v) is 9.07. The largest absolute Gasteiger partial charge is 0.445 e. The maximum Gasteiger partial charge on any atom is 0.433 e. The van der Waals surface area contributed by atoms with Crippen LogP contribution in [0.1, 0.15) is 32.0 Å². The molecule has 0 spiro atoms. The zero-order chi connectivity index (χ0) is 26.5. The molecule has 0 radical (unpaired) electrons. The summed E-state index contributed by atoms with van der Waals surface area (Å²) in [5, 5.41) is 2.31. The summed E-state index contributed by atoms with van der Waals surface area (Å²) in [6.45, 7) is 4.78. The van der Waals surface area contributed by atoms with Gasteiger partial charge in [0.15, 0.2) is 0 Å². The molecule has 0 aliphatic carbocycles. The van der Waals surface area contributed by atoms with Crippen molar-refractivity contribution in [3.8, 4) is 0 Å². The first-order chi connectivity index (χ1) is 16.8. The zero-order valence-electron chi connectivity index (χ0n) is 20.0. The fourth-order valence-electron chi connectivity index (χ4n) is 3.39. The molecular weight excluding hydrogens is 481 g/mol. The van der Waals surface area contributed by atoms with Gasteiger partial charge in [-0.15, -0.1) is 0 Å². The van der Waals surface area contributed by atoms with E-state index in [0.29, 0.717) is 0 Å². The lowest BCUT2D eigenvalue weighted by molar-refractivity contribution is -0.141. The third-order valence-electron chi connectivity index (χ3n) is 5.07. The van der Waals surface area contributed by atoms with Gasteiger partial charge in [0.2, 0.25) is 5.91 Å². The van der Waals surface area contributed by atoms with Gasteiger partial charge in [-0.3, -0.25) is 9.69 Å². The van der Waals surface area contributed by atoms with E-state index in [0.717, 1.165) is 22.6 Å². The first-order valence-corrected chi connectivity index (χ1v) is 11.1. The third-order valence-corrected chi connectivity index (χ3v) is 5.07. The SMILES string of the molecule is CC(C)(C)OC(=O)N1CCN(C(=O)OCc2ccccc2)[C@H](C(=O)Nc2cccc(C(F)(F)F)n2)C1. The van der Waals surface area contributed by atoms with E-state index in [1.807, 2.05) is 6.07 Å². The number of carbonyl (C=O) groups is 3. The average molecular weight is 508 g/mol. The van der Waals surface area contributed by atoms with Crippen molar-refractivity contribution in [1.82, 2.24) is 14.8 Å². The molecule has 1 fully saturated rings. The minimum absolute atomic E-state index is 0.0462. The smallest absolute Gasteiger partial charge is 0.433 e. The number of halogens is 3. The van der Waals surface area contributed by atoms with E-state index in [1.165, 1.54) is 11.0 Å². The Labute approximate surface area is 206 Å². The van der Waals surface area contributed by atoms with Crippen molar-refractivity contribution in [2.24, 2.45) is 0 Å². The Balaban J connectivity index is 1.78. The molecule has 0 saturated carbocycles. The molecule has 1 aliphatic rings. The molecule has 36 heavy (non-hydrogen) atoms. The summed E-state index contributed by atoms with van der Waals surface area (Å²) in [5.41, 5.74) is -1.24. The zero-order valence-corrected chi connectivity index (χ0v) is 20.0. The Morgan fingerprint density at radius 1 is 1.00 bits per heavy atom. The number of alkyl halides is 3. The normalized spacial score (nSPS) is 16.3. The molecule has 1 aromatic heterocycles. The van der Waals surface area contributed by atoms with Crippen molar-refractivity contribution >= 4 is 23.9 Å². The maximum absolute atomic E-state index is 13.1. The predicted molar refractivity (Wildman–Crippen MR) is 123 cm³/mol. The van der Waals surface area contributed by atoms with Crippen molar-refractivity contribution in [1.29, 1.82) is 0 Å². The second-order valence-electron chi connectivity index (χ2n) is 9.07. The fraction of sp³-hybridized carbons (Fsp3) is 0.417. The molecule has 2 heterocycles. The van der Waals surface area contributed by atoms with Gasteiger partial charge < -0.3 is 19.7 Å². The average Bonchev–Trinajstić information content (AvgIpc) is 2.81. The standard InChI is InChI=1S/C24H27F3N4O5/c1-23(2,3)36-21(33)30-12-13-31(22(34)35-15-16-8-5-4-6-9-16)17(14-30)20(32)29-19-11-7-10-18(28-19)24(25,26)27/h4-11,17H,12-15H2,1-3H3,(H,28,29,32)/t17-/m0/s1. The highest BCUT2D eigenvalue weighted by molar-refractivity contribution is 5.96. The van der Waals surface area contributed by atoms with Crippen LogP contribution in [-0.2, 0) is 27.1 Å². The van der Waals surface area contributed by atoms with Gasteiger partial charge in [-0.25, -0.2) is 14.6 Å². The molecule has 3 amide bonds. The summed E-state index contributed by atoms with van der Waals surface area (Å²) >= 11 is 0. The lowest BCUT2D eigenvalue weighted by Gasteiger charge is -2.40. The highest BCUT2D eigenvalue weighted by Crippen LogP contribution is 2.28. The fourth-order valence-corrected chi connectivity index (χ4v) is 3.39. The Morgan fingerprint density at radius 2 is 1.69 bits per heavy atom. The Kier molecular flexibility index (Phi) is 8.06. The lowest BCUT2D eigenvalue weighted by atomic mass is 10.1. The number of ether oxygens (including phenoxy) is 2. The second kappa shape index (κ2) is 10.8. The number of pyridine rings is 1. The van der Waals surface area contributed by atoms with Crippen molar-refractivity contribution in [3.63, 3.8) is 0 Å². The van der Waals surface area contributed by atoms with Gasteiger partial charge in [-0.1, -0.05) is 36.4 Å². The highest BCUT2D eigenvalue weighted by Gasteiger charge is 2.39. The molecule has 1 aliphatic heterocycles. The number of carbonyl (C=O) groups excluding carboxylic acids is 3. The summed E-state index contributed by atoms with van der Waals surface area (Å²) in [4.78, 5) is 44.4. The van der Waals surface area contributed by atoms with Gasteiger partial charge in [-0.2, -0.15) is 13.2 Å². The molecule has 1 N–H and O–H groups in total. The maximum atomic E-state index is 13.1. The number of benzene rings is 1. The topological polar surface area (TPSA) is 101 Å². The van der Waals surface area contributed by atoms with Gasteiger partial charge in [0.25, 0.3) is 0 Å². The molecule has 2 aromatic rings. The number of hydrogen-bond acceptors (Lipinski definition) is 6. The molecule has 9 nitrogen and oxygen atoms in total. The quantitative estimate of drug-likeness (QED) is 0.661. The number of rotatable bonds is 4. The molecule has 12 heteroatoms. The van der Waals surface area contributed by atoms with Gasteiger partial charge in [0.1, 0.15) is 29.8 Å². The minimum atomic E-state index is -4.70. The number of nitrogens with zero attached hydrogens (tertiary/aromatic N) is 3. The van der Waals surface area contributed by atoms with Crippen LogP contribution in [0, 0.1) is 0 Å². The summed E-state index contributed by atoms with van der Waals surface area (Å²) < 4.78 is 49.8. The van der Waals surface area contributed by atoms with Crippen LogP contribution in [0.15, 0.2) is 48.5 Å². The van der Waals surface area contributed by atoms with Gasteiger partial charge in [0, 0.05) is 13.1 Å². The number of piperazine rings is 1. The lowest BCUT2D eigenvalue weighted by Crippen LogP contribution is -2.61. The molecule has 1 atom stereocenters. The van der Waals surface area contributed by atoms with Crippen molar-refractivity contribution in [2.75, 3.05) is 25.0 Å². The van der Waals surface area contributed by atoms with Crippen molar-refractivity contribution in [2.45, 2.75) is 45.2 Å². The van der Waals surface area contributed by atoms with Crippen LogP contribution >= 0.6 is 0 Å².